The predicted molar refractivity (Wildman–Crippen MR) is 141 cm³/mol. The standard InChI is InChI=1S/C28H33ClFN3O2/c1-21-25(26-20-24(35-2)8-10-27(26)33(21)14-3-13-29)9-11-28(34)32-18-16-31(17-19-32)15-12-22-4-6-23(30)7-5-22/h4-11,20H,3,12-19H2,1-2H3/b11-9+. The molecule has 1 saturated heterocycles. The lowest BCUT2D eigenvalue weighted by molar-refractivity contribution is -0.127. The quantitative estimate of drug-likeness (QED) is 0.304. The minimum Gasteiger partial charge on any atom is -0.497 e. The Kier molecular flexibility index (Phi) is 8.47. The maximum atomic E-state index is 13.1. The van der Waals surface area contributed by atoms with Crippen molar-refractivity contribution >= 4 is 34.5 Å². The number of nitrogens with zero attached hydrogens (tertiary/aromatic N) is 3. The van der Waals surface area contributed by atoms with Gasteiger partial charge in [0.15, 0.2) is 0 Å². The third kappa shape index (κ3) is 6.06. The average molecular weight is 498 g/mol. The third-order valence-corrected chi connectivity index (χ3v) is 7.07. The zero-order chi connectivity index (χ0) is 24.8. The minimum atomic E-state index is -0.205. The molecule has 35 heavy (non-hydrogen) atoms. The monoisotopic (exact) mass is 497 g/mol. The number of amides is 1. The molecule has 1 aromatic heterocycles. The number of fused-ring (bicyclic) bond motifs is 1. The van der Waals surface area contributed by atoms with Crippen molar-refractivity contribution in [3.8, 4) is 5.75 Å². The van der Waals surface area contributed by atoms with E-state index in [1.54, 1.807) is 13.2 Å². The van der Waals surface area contributed by atoms with Crippen LogP contribution in [0.25, 0.3) is 17.0 Å². The number of ether oxygens (including phenoxy) is 1. The second-order valence-corrected chi connectivity index (χ2v) is 9.33. The largest absolute Gasteiger partial charge is 0.497 e. The molecule has 5 nitrogen and oxygen atoms in total. The molecule has 0 spiro atoms. The Morgan fingerprint density at radius 1 is 1.09 bits per heavy atom. The summed E-state index contributed by atoms with van der Waals surface area (Å²) >= 11 is 5.95. The fraction of sp³-hybridized carbons (Fsp3) is 0.393. The zero-order valence-corrected chi connectivity index (χ0v) is 21.2. The molecule has 1 aliphatic heterocycles. The molecule has 0 radical (unpaired) electrons. The molecule has 1 amide bonds. The second kappa shape index (κ2) is 11.7. The van der Waals surface area contributed by atoms with Gasteiger partial charge in [-0.15, -0.1) is 11.6 Å². The summed E-state index contributed by atoms with van der Waals surface area (Å²) in [5, 5.41) is 1.08. The van der Waals surface area contributed by atoms with Gasteiger partial charge < -0.3 is 14.2 Å². The molecule has 0 saturated carbocycles. The minimum absolute atomic E-state index is 0.0344. The number of methoxy groups -OCH3 is 1. The topological polar surface area (TPSA) is 37.7 Å². The maximum absolute atomic E-state index is 13.1. The van der Waals surface area contributed by atoms with E-state index in [1.807, 2.05) is 35.2 Å². The summed E-state index contributed by atoms with van der Waals surface area (Å²) in [6, 6.07) is 12.8. The number of hydrogen-bond donors (Lipinski definition) is 0. The number of rotatable bonds is 9. The van der Waals surface area contributed by atoms with Gasteiger partial charge in [-0.3, -0.25) is 9.69 Å². The number of carbonyl (C=O) groups is 1. The SMILES string of the molecule is COc1ccc2c(c1)c(/C=C/C(=O)N1CCN(CCc3ccc(F)cc3)CC1)c(C)n2CCCCl. The summed E-state index contributed by atoms with van der Waals surface area (Å²) in [6.45, 7) is 6.92. The first-order valence-electron chi connectivity index (χ1n) is 12.2. The highest BCUT2D eigenvalue weighted by Crippen LogP contribution is 2.30. The van der Waals surface area contributed by atoms with E-state index in [0.717, 1.165) is 72.5 Å². The number of aromatic nitrogens is 1. The van der Waals surface area contributed by atoms with Crippen molar-refractivity contribution in [2.75, 3.05) is 45.7 Å². The van der Waals surface area contributed by atoms with E-state index in [0.29, 0.717) is 19.0 Å². The normalized spacial score (nSPS) is 14.8. The first kappa shape index (κ1) is 25.3. The summed E-state index contributed by atoms with van der Waals surface area (Å²) in [5.41, 5.74) is 4.41. The molecule has 0 aliphatic carbocycles. The lowest BCUT2D eigenvalue weighted by Crippen LogP contribution is -2.48. The highest BCUT2D eigenvalue weighted by molar-refractivity contribution is 6.17. The number of hydrogen-bond acceptors (Lipinski definition) is 3. The number of aryl methyl sites for hydroxylation is 1. The summed E-state index contributed by atoms with van der Waals surface area (Å²) in [7, 11) is 1.66. The van der Waals surface area contributed by atoms with Crippen LogP contribution in [0.1, 0.15) is 23.2 Å². The van der Waals surface area contributed by atoms with Gasteiger partial charge in [0.05, 0.1) is 7.11 Å². The first-order chi connectivity index (χ1) is 17.0. The number of halogens is 2. The fourth-order valence-electron chi connectivity index (χ4n) is 4.72. The van der Waals surface area contributed by atoms with Gasteiger partial charge >= 0.3 is 0 Å². The molecule has 4 rings (SSSR count). The summed E-state index contributed by atoms with van der Waals surface area (Å²) < 4.78 is 20.8. The highest BCUT2D eigenvalue weighted by atomic mass is 35.5. The zero-order valence-electron chi connectivity index (χ0n) is 20.5. The maximum Gasteiger partial charge on any atom is 0.246 e. The molecule has 186 valence electrons. The van der Waals surface area contributed by atoms with Crippen LogP contribution in [0.15, 0.2) is 48.5 Å². The molecule has 3 aromatic rings. The lowest BCUT2D eigenvalue weighted by atomic mass is 10.1. The van der Waals surface area contributed by atoms with Crippen LogP contribution in [0.2, 0.25) is 0 Å². The van der Waals surface area contributed by atoms with E-state index < -0.39 is 0 Å². The number of benzene rings is 2. The van der Waals surface area contributed by atoms with Gasteiger partial charge in [0.2, 0.25) is 5.91 Å². The lowest BCUT2D eigenvalue weighted by Gasteiger charge is -2.34. The van der Waals surface area contributed by atoms with E-state index in [2.05, 4.69) is 22.5 Å². The number of carbonyl (C=O) groups excluding carboxylic acids is 1. The Balaban J connectivity index is 1.40. The first-order valence-corrected chi connectivity index (χ1v) is 12.7. The smallest absolute Gasteiger partial charge is 0.246 e. The van der Waals surface area contributed by atoms with Gasteiger partial charge in [0.25, 0.3) is 0 Å². The van der Waals surface area contributed by atoms with Crippen LogP contribution in [0.3, 0.4) is 0 Å². The fourth-order valence-corrected chi connectivity index (χ4v) is 4.84. The van der Waals surface area contributed by atoms with Crippen molar-refractivity contribution in [1.82, 2.24) is 14.4 Å². The molecule has 7 heteroatoms. The average Bonchev–Trinajstić information content (AvgIpc) is 3.15. The van der Waals surface area contributed by atoms with E-state index in [-0.39, 0.29) is 11.7 Å². The van der Waals surface area contributed by atoms with Crippen LogP contribution in [-0.4, -0.2) is 66.0 Å². The van der Waals surface area contributed by atoms with E-state index in [1.165, 1.54) is 12.1 Å². The molecular formula is C28H33ClFN3O2. The molecule has 1 aliphatic rings. The molecule has 1 fully saturated rings. The molecule has 0 N–H and O–H groups in total. The molecule has 0 unspecified atom stereocenters. The van der Waals surface area contributed by atoms with Crippen molar-refractivity contribution in [3.05, 3.63) is 71.2 Å². The van der Waals surface area contributed by atoms with Crippen LogP contribution in [0.5, 0.6) is 5.75 Å². The second-order valence-electron chi connectivity index (χ2n) is 8.95. The predicted octanol–water partition coefficient (Wildman–Crippen LogP) is 5.13. The van der Waals surface area contributed by atoms with Gasteiger partial charge in [-0.1, -0.05) is 12.1 Å². The molecule has 0 atom stereocenters. The van der Waals surface area contributed by atoms with Crippen LogP contribution in [0, 0.1) is 12.7 Å². The Morgan fingerprint density at radius 3 is 2.51 bits per heavy atom. The van der Waals surface area contributed by atoms with E-state index >= 15 is 0 Å². The van der Waals surface area contributed by atoms with Gasteiger partial charge in [-0.05, 0) is 61.7 Å². The van der Waals surface area contributed by atoms with E-state index in [4.69, 9.17) is 16.3 Å². The summed E-state index contributed by atoms with van der Waals surface area (Å²) in [6.07, 6.45) is 5.40. The van der Waals surface area contributed by atoms with Crippen molar-refractivity contribution < 1.29 is 13.9 Å². The Hall–Kier alpha value is -2.83. The Bertz CT molecular complexity index is 1180. The van der Waals surface area contributed by atoms with Crippen LogP contribution in [-0.2, 0) is 17.8 Å². The van der Waals surface area contributed by atoms with Crippen molar-refractivity contribution in [2.45, 2.75) is 26.3 Å². The Labute approximate surface area is 211 Å². The van der Waals surface area contributed by atoms with E-state index in [9.17, 15) is 9.18 Å². The Morgan fingerprint density at radius 2 is 1.83 bits per heavy atom. The van der Waals surface area contributed by atoms with Crippen molar-refractivity contribution in [1.29, 1.82) is 0 Å². The van der Waals surface area contributed by atoms with Gasteiger partial charge in [-0.25, -0.2) is 4.39 Å². The van der Waals surface area contributed by atoms with Crippen molar-refractivity contribution in [2.24, 2.45) is 0 Å². The third-order valence-electron chi connectivity index (χ3n) is 6.80. The van der Waals surface area contributed by atoms with Gasteiger partial charge in [0.1, 0.15) is 11.6 Å². The number of alkyl halides is 1. The van der Waals surface area contributed by atoms with Crippen LogP contribution < -0.4 is 4.74 Å². The van der Waals surface area contributed by atoms with Crippen LogP contribution in [0.4, 0.5) is 4.39 Å². The molecule has 2 heterocycles. The van der Waals surface area contributed by atoms with Gasteiger partial charge in [-0.2, -0.15) is 0 Å². The molecule has 2 aromatic carbocycles. The van der Waals surface area contributed by atoms with Gasteiger partial charge in [0, 0.05) is 73.4 Å². The van der Waals surface area contributed by atoms with Crippen molar-refractivity contribution in [3.63, 3.8) is 0 Å². The molecule has 0 bridgehead atoms. The number of piperazine rings is 1. The summed E-state index contributed by atoms with van der Waals surface area (Å²) in [4.78, 5) is 17.2. The van der Waals surface area contributed by atoms with Crippen LogP contribution >= 0.6 is 11.6 Å². The highest BCUT2D eigenvalue weighted by Gasteiger charge is 2.20. The summed E-state index contributed by atoms with van der Waals surface area (Å²) in [5.74, 6) is 1.23. The molecular weight excluding hydrogens is 465 g/mol.